The molecule has 2 aromatic carbocycles. The second kappa shape index (κ2) is 19.9. The number of nitrogens with one attached hydrogen (secondary N) is 2. The van der Waals surface area contributed by atoms with Crippen molar-refractivity contribution in [2.24, 2.45) is 0 Å². The molecular weight excluding hydrogens is 464 g/mol. The van der Waals surface area contributed by atoms with Gasteiger partial charge in [0.05, 0.1) is 13.7 Å². The number of hydrogen-bond acceptors (Lipinski definition) is 5. The molecule has 6 heteroatoms. The van der Waals surface area contributed by atoms with Crippen LogP contribution in [0, 0.1) is 6.92 Å². The summed E-state index contributed by atoms with van der Waals surface area (Å²) < 4.78 is 11.8. The minimum Gasteiger partial charge on any atom is -0.493 e. The van der Waals surface area contributed by atoms with E-state index in [0.29, 0.717) is 24.7 Å². The number of rotatable bonds is 13. The van der Waals surface area contributed by atoms with Crippen LogP contribution in [0.1, 0.15) is 76.6 Å². The monoisotopic (exact) mass is 512 g/mol. The third-order valence-corrected chi connectivity index (χ3v) is 5.43. The van der Waals surface area contributed by atoms with Gasteiger partial charge in [-0.25, -0.2) is 0 Å². The van der Waals surface area contributed by atoms with Crippen LogP contribution in [0.3, 0.4) is 0 Å². The Morgan fingerprint density at radius 1 is 1.03 bits per heavy atom. The number of anilines is 1. The lowest BCUT2D eigenvalue weighted by molar-refractivity contribution is -0.109. The molecule has 0 aliphatic heterocycles. The second-order valence-electron chi connectivity index (χ2n) is 7.77. The van der Waals surface area contributed by atoms with E-state index in [9.17, 15) is 9.90 Å². The first-order chi connectivity index (χ1) is 18.0. The molecule has 6 nitrogen and oxygen atoms in total. The Bertz CT molecular complexity index is 997. The second-order valence-corrected chi connectivity index (χ2v) is 7.77. The molecule has 0 saturated carbocycles. The fourth-order valence-corrected chi connectivity index (χ4v) is 3.89. The van der Waals surface area contributed by atoms with Gasteiger partial charge >= 0.3 is 0 Å². The van der Waals surface area contributed by atoms with Crippen LogP contribution in [0.4, 0.5) is 5.69 Å². The molecular formula is C31H48N2O4. The fourth-order valence-electron chi connectivity index (χ4n) is 3.89. The minimum absolute atomic E-state index is 0.00120. The Hall–Kier alpha value is -3.25. The van der Waals surface area contributed by atoms with Crippen molar-refractivity contribution in [3.8, 4) is 11.5 Å². The van der Waals surface area contributed by atoms with Crippen molar-refractivity contribution in [1.82, 2.24) is 5.32 Å². The number of allylic oxidation sites excluding steroid dienone is 3. The van der Waals surface area contributed by atoms with Gasteiger partial charge in [0, 0.05) is 30.9 Å². The molecule has 0 bridgehead atoms. The zero-order chi connectivity index (χ0) is 28.2. The van der Waals surface area contributed by atoms with Crippen molar-refractivity contribution in [2.45, 2.75) is 74.5 Å². The van der Waals surface area contributed by atoms with Gasteiger partial charge in [-0.1, -0.05) is 76.1 Å². The SMILES string of the molecule is C/C=C\C(=C(/CC)CCNC=O)c1cc(OC)c(OCc2cc(C)cc(CO)c2)cc1NC.CC.CC. The van der Waals surface area contributed by atoms with Crippen LogP contribution < -0.4 is 20.1 Å². The third-order valence-electron chi connectivity index (χ3n) is 5.43. The molecule has 2 rings (SSSR count). The largest absolute Gasteiger partial charge is 0.493 e. The summed E-state index contributed by atoms with van der Waals surface area (Å²) in [5, 5.41) is 15.5. The van der Waals surface area contributed by atoms with Crippen LogP contribution in [0.25, 0.3) is 5.57 Å². The molecule has 0 heterocycles. The first kappa shape index (κ1) is 33.8. The van der Waals surface area contributed by atoms with E-state index in [4.69, 9.17) is 9.47 Å². The van der Waals surface area contributed by atoms with E-state index >= 15 is 0 Å². The Labute approximate surface area is 224 Å². The molecule has 0 unspecified atom stereocenters. The van der Waals surface area contributed by atoms with E-state index in [-0.39, 0.29) is 6.61 Å². The average molecular weight is 513 g/mol. The van der Waals surface area contributed by atoms with Gasteiger partial charge in [0.1, 0.15) is 6.61 Å². The van der Waals surface area contributed by atoms with Crippen LogP contribution in [0.15, 0.2) is 48.1 Å². The number of carbonyl (C=O) groups excluding carboxylic acids is 1. The summed E-state index contributed by atoms with van der Waals surface area (Å²) in [5.74, 6) is 1.28. The molecule has 0 atom stereocenters. The van der Waals surface area contributed by atoms with Crippen LogP contribution in [0.5, 0.6) is 11.5 Å². The highest BCUT2D eigenvalue weighted by atomic mass is 16.5. The van der Waals surface area contributed by atoms with Crippen LogP contribution in [-0.4, -0.2) is 32.2 Å². The van der Waals surface area contributed by atoms with Gasteiger partial charge in [-0.2, -0.15) is 0 Å². The average Bonchev–Trinajstić information content (AvgIpc) is 2.94. The summed E-state index contributed by atoms with van der Waals surface area (Å²) in [6, 6.07) is 9.91. The first-order valence-corrected chi connectivity index (χ1v) is 13.3. The van der Waals surface area contributed by atoms with E-state index < -0.39 is 0 Å². The molecule has 2 aromatic rings. The van der Waals surface area contributed by atoms with Gasteiger partial charge in [0.25, 0.3) is 0 Å². The zero-order valence-corrected chi connectivity index (χ0v) is 24.3. The van der Waals surface area contributed by atoms with Gasteiger partial charge in [0.2, 0.25) is 6.41 Å². The maximum atomic E-state index is 10.7. The van der Waals surface area contributed by atoms with Crippen molar-refractivity contribution in [3.05, 3.63) is 70.3 Å². The Morgan fingerprint density at radius 2 is 1.70 bits per heavy atom. The predicted molar refractivity (Wildman–Crippen MR) is 157 cm³/mol. The summed E-state index contributed by atoms with van der Waals surface area (Å²) in [4.78, 5) is 10.7. The molecule has 0 saturated heterocycles. The molecule has 3 N–H and O–H groups in total. The molecule has 0 spiro atoms. The van der Waals surface area contributed by atoms with Crippen LogP contribution >= 0.6 is 0 Å². The Morgan fingerprint density at radius 3 is 2.24 bits per heavy atom. The molecule has 0 radical (unpaired) electrons. The van der Waals surface area contributed by atoms with Gasteiger partial charge in [-0.05, 0) is 49.5 Å². The van der Waals surface area contributed by atoms with Gasteiger partial charge in [-0.3, -0.25) is 4.79 Å². The minimum atomic E-state index is -0.00120. The van der Waals surface area contributed by atoms with E-state index in [0.717, 1.165) is 52.8 Å². The molecule has 0 aliphatic carbocycles. The summed E-state index contributed by atoms with van der Waals surface area (Å²) in [5.41, 5.74) is 7.22. The number of benzene rings is 2. The molecule has 0 aliphatic rings. The number of amides is 1. The number of ether oxygens (including phenoxy) is 2. The van der Waals surface area contributed by atoms with Crippen LogP contribution in [-0.2, 0) is 18.0 Å². The molecule has 37 heavy (non-hydrogen) atoms. The van der Waals surface area contributed by atoms with Crippen molar-refractivity contribution >= 4 is 17.7 Å². The quantitative estimate of drug-likeness (QED) is 0.152. The summed E-state index contributed by atoms with van der Waals surface area (Å²) in [6.07, 6.45) is 6.47. The zero-order valence-electron chi connectivity index (χ0n) is 24.3. The molecule has 206 valence electrons. The van der Waals surface area contributed by atoms with Gasteiger partial charge in [0.15, 0.2) is 11.5 Å². The smallest absolute Gasteiger partial charge is 0.207 e. The summed E-state index contributed by atoms with van der Waals surface area (Å²) >= 11 is 0. The molecule has 0 fully saturated rings. The van der Waals surface area contributed by atoms with Crippen molar-refractivity contribution in [2.75, 3.05) is 26.0 Å². The highest BCUT2D eigenvalue weighted by Gasteiger charge is 2.16. The van der Waals surface area contributed by atoms with E-state index in [1.54, 1.807) is 7.11 Å². The molecule has 1 amide bonds. The van der Waals surface area contributed by atoms with E-state index in [1.165, 1.54) is 5.57 Å². The number of methoxy groups -OCH3 is 1. The summed E-state index contributed by atoms with van der Waals surface area (Å²) in [6.45, 7) is 15.1. The number of aryl methyl sites for hydroxylation is 1. The third kappa shape index (κ3) is 10.7. The maximum absolute atomic E-state index is 10.7. The Kier molecular flexibility index (Phi) is 18.1. The fraction of sp³-hybridized carbons (Fsp3) is 0.452. The topological polar surface area (TPSA) is 79.8 Å². The van der Waals surface area contributed by atoms with Crippen molar-refractivity contribution < 1.29 is 19.4 Å². The highest BCUT2D eigenvalue weighted by molar-refractivity contribution is 5.86. The van der Waals surface area contributed by atoms with E-state index in [2.05, 4.69) is 23.6 Å². The first-order valence-electron chi connectivity index (χ1n) is 13.3. The maximum Gasteiger partial charge on any atom is 0.207 e. The Balaban J connectivity index is 0.00000308. The standard InChI is InChI=1S/C27H36N2O4.2C2H6/c1-6-8-23(22(7-2)9-10-29-18-31)24-14-26(32-5)27(15-25(24)28-4)33-17-21-12-19(3)11-20(13-21)16-30;2*1-2/h6,8,11-15,18,28,30H,7,9-10,16-17H2,1-5H3,(H,29,31);2*1-2H3/b8-6-,23-22-;;. The lowest BCUT2D eigenvalue weighted by Gasteiger charge is -2.19. The highest BCUT2D eigenvalue weighted by Crippen LogP contribution is 2.39. The normalized spacial score (nSPS) is 10.9. The van der Waals surface area contributed by atoms with Crippen molar-refractivity contribution in [3.63, 3.8) is 0 Å². The van der Waals surface area contributed by atoms with Gasteiger partial charge in [-0.15, -0.1) is 0 Å². The van der Waals surface area contributed by atoms with E-state index in [1.807, 2.05) is 85.0 Å². The number of aliphatic hydroxyl groups is 1. The molecule has 0 aromatic heterocycles. The van der Waals surface area contributed by atoms with Crippen LogP contribution in [0.2, 0.25) is 0 Å². The number of carbonyl (C=O) groups is 1. The lowest BCUT2D eigenvalue weighted by atomic mass is 9.93. The lowest BCUT2D eigenvalue weighted by Crippen LogP contribution is -2.13. The van der Waals surface area contributed by atoms with Gasteiger partial charge < -0.3 is 25.2 Å². The number of hydrogen-bond donors (Lipinski definition) is 3. The number of aliphatic hydroxyl groups excluding tert-OH is 1. The van der Waals surface area contributed by atoms with Crippen molar-refractivity contribution in [1.29, 1.82) is 0 Å². The predicted octanol–water partition coefficient (Wildman–Crippen LogP) is 7.04. The summed E-state index contributed by atoms with van der Waals surface area (Å²) in [7, 11) is 3.52.